The minimum atomic E-state index is -0.411. The Hall–Kier alpha value is -2.31. The monoisotopic (exact) mass is 375 g/mol. The number of rotatable bonds is 5. The molecule has 1 aliphatic carbocycles. The van der Waals surface area contributed by atoms with Gasteiger partial charge in [-0.25, -0.2) is 4.79 Å². The van der Waals surface area contributed by atoms with E-state index < -0.39 is 5.97 Å². The molecular weight excluding hydrogens is 346 g/mol. The molecule has 2 fully saturated rings. The SMILES string of the molecule is Cc1[nH]c(C(=O)N2CCC(C(=O)NC3CC3)CC2)c(C)c1C(=O)OC(C)C. The van der Waals surface area contributed by atoms with E-state index in [1.807, 2.05) is 0 Å². The second-order valence-corrected chi connectivity index (χ2v) is 7.93. The minimum absolute atomic E-state index is 0.0160. The Bertz CT molecular complexity index is 741. The summed E-state index contributed by atoms with van der Waals surface area (Å²) in [6.45, 7) is 8.23. The largest absolute Gasteiger partial charge is 0.459 e. The summed E-state index contributed by atoms with van der Waals surface area (Å²) in [4.78, 5) is 42.3. The molecule has 0 atom stereocenters. The molecule has 7 heteroatoms. The Morgan fingerprint density at radius 1 is 1.11 bits per heavy atom. The van der Waals surface area contributed by atoms with Gasteiger partial charge in [-0.1, -0.05) is 0 Å². The Morgan fingerprint density at radius 2 is 1.74 bits per heavy atom. The van der Waals surface area contributed by atoms with E-state index in [-0.39, 0.29) is 23.8 Å². The van der Waals surface area contributed by atoms with E-state index >= 15 is 0 Å². The van der Waals surface area contributed by atoms with Gasteiger partial charge in [-0.05, 0) is 58.9 Å². The van der Waals surface area contributed by atoms with Crippen molar-refractivity contribution < 1.29 is 19.1 Å². The van der Waals surface area contributed by atoms with Gasteiger partial charge < -0.3 is 19.9 Å². The number of likely N-dealkylation sites (tertiary alicyclic amines) is 1. The highest BCUT2D eigenvalue weighted by Gasteiger charge is 2.33. The van der Waals surface area contributed by atoms with Crippen molar-refractivity contribution in [3.8, 4) is 0 Å². The van der Waals surface area contributed by atoms with Gasteiger partial charge in [0.05, 0.1) is 11.7 Å². The molecule has 2 amide bonds. The van der Waals surface area contributed by atoms with Gasteiger partial charge in [-0.2, -0.15) is 0 Å². The number of carbonyl (C=O) groups is 3. The lowest BCUT2D eigenvalue weighted by Gasteiger charge is -2.31. The Labute approximate surface area is 159 Å². The third-order valence-corrected chi connectivity index (χ3v) is 5.27. The van der Waals surface area contributed by atoms with Crippen molar-refractivity contribution in [3.63, 3.8) is 0 Å². The van der Waals surface area contributed by atoms with Crippen molar-refractivity contribution in [2.75, 3.05) is 13.1 Å². The smallest absolute Gasteiger partial charge is 0.340 e. The molecule has 0 bridgehead atoms. The quantitative estimate of drug-likeness (QED) is 0.773. The van der Waals surface area contributed by atoms with Crippen LogP contribution in [0.15, 0.2) is 0 Å². The van der Waals surface area contributed by atoms with Crippen molar-refractivity contribution in [2.45, 2.75) is 65.5 Å². The van der Waals surface area contributed by atoms with Crippen molar-refractivity contribution in [3.05, 3.63) is 22.5 Å². The molecule has 1 aromatic rings. The van der Waals surface area contributed by atoms with Crippen LogP contribution in [-0.2, 0) is 9.53 Å². The lowest BCUT2D eigenvalue weighted by molar-refractivity contribution is -0.126. The van der Waals surface area contributed by atoms with E-state index in [1.165, 1.54) is 0 Å². The molecule has 0 unspecified atom stereocenters. The van der Waals surface area contributed by atoms with Gasteiger partial charge in [0.1, 0.15) is 5.69 Å². The second kappa shape index (κ2) is 7.74. The highest BCUT2D eigenvalue weighted by Crippen LogP contribution is 2.25. The Morgan fingerprint density at radius 3 is 2.30 bits per heavy atom. The summed E-state index contributed by atoms with van der Waals surface area (Å²) in [5.74, 6) is -0.432. The number of hydrogen-bond donors (Lipinski definition) is 2. The third kappa shape index (κ3) is 4.34. The molecule has 1 saturated heterocycles. The average molecular weight is 375 g/mol. The number of nitrogens with zero attached hydrogens (tertiary/aromatic N) is 1. The molecule has 0 spiro atoms. The molecule has 0 aromatic carbocycles. The first-order chi connectivity index (χ1) is 12.8. The number of amides is 2. The minimum Gasteiger partial charge on any atom is -0.459 e. The van der Waals surface area contributed by atoms with E-state index in [0.29, 0.717) is 54.5 Å². The van der Waals surface area contributed by atoms with Crippen LogP contribution in [-0.4, -0.2) is 52.9 Å². The van der Waals surface area contributed by atoms with Crippen LogP contribution in [0.25, 0.3) is 0 Å². The number of nitrogens with one attached hydrogen (secondary N) is 2. The number of aryl methyl sites for hydroxylation is 1. The fourth-order valence-corrected chi connectivity index (χ4v) is 3.59. The average Bonchev–Trinajstić information content (AvgIpc) is 3.37. The highest BCUT2D eigenvalue weighted by molar-refractivity contribution is 6.00. The van der Waals surface area contributed by atoms with Crippen LogP contribution in [0.2, 0.25) is 0 Å². The first-order valence-corrected chi connectivity index (χ1v) is 9.77. The summed E-state index contributed by atoms with van der Waals surface area (Å²) in [6.07, 6.45) is 3.29. The number of H-pyrrole nitrogens is 1. The van der Waals surface area contributed by atoms with Crippen LogP contribution >= 0.6 is 0 Å². The predicted molar refractivity (Wildman–Crippen MR) is 101 cm³/mol. The lowest BCUT2D eigenvalue weighted by Crippen LogP contribution is -2.43. The van der Waals surface area contributed by atoms with Crippen LogP contribution < -0.4 is 5.32 Å². The molecule has 1 aromatic heterocycles. The van der Waals surface area contributed by atoms with Gasteiger partial charge in [0, 0.05) is 30.7 Å². The van der Waals surface area contributed by atoms with Gasteiger partial charge in [0.2, 0.25) is 5.91 Å². The number of piperidine rings is 1. The fourth-order valence-electron chi connectivity index (χ4n) is 3.59. The van der Waals surface area contributed by atoms with Crippen LogP contribution in [0.1, 0.15) is 71.6 Å². The van der Waals surface area contributed by atoms with Gasteiger partial charge in [0.15, 0.2) is 0 Å². The number of aromatic amines is 1. The molecule has 2 aliphatic rings. The van der Waals surface area contributed by atoms with E-state index in [0.717, 1.165) is 12.8 Å². The summed E-state index contributed by atoms with van der Waals surface area (Å²) in [6, 6.07) is 0.366. The van der Waals surface area contributed by atoms with E-state index in [1.54, 1.807) is 32.6 Å². The topological polar surface area (TPSA) is 91.5 Å². The number of aromatic nitrogens is 1. The zero-order valence-corrected chi connectivity index (χ0v) is 16.6. The zero-order valence-electron chi connectivity index (χ0n) is 16.6. The van der Waals surface area contributed by atoms with Crippen molar-refractivity contribution in [1.82, 2.24) is 15.2 Å². The predicted octanol–water partition coefficient (Wildman–Crippen LogP) is 2.33. The highest BCUT2D eigenvalue weighted by atomic mass is 16.5. The van der Waals surface area contributed by atoms with Crippen molar-refractivity contribution in [1.29, 1.82) is 0 Å². The Kier molecular flexibility index (Phi) is 5.58. The first-order valence-electron chi connectivity index (χ1n) is 9.77. The van der Waals surface area contributed by atoms with Crippen molar-refractivity contribution in [2.24, 2.45) is 5.92 Å². The zero-order chi connectivity index (χ0) is 19.7. The maximum absolute atomic E-state index is 12.9. The van der Waals surface area contributed by atoms with Gasteiger partial charge in [-0.15, -0.1) is 0 Å². The normalized spacial score (nSPS) is 17.9. The summed E-state index contributed by atoms with van der Waals surface area (Å²) in [5.41, 5.74) is 2.13. The molecule has 148 valence electrons. The van der Waals surface area contributed by atoms with Crippen LogP contribution in [0.5, 0.6) is 0 Å². The molecule has 2 N–H and O–H groups in total. The summed E-state index contributed by atoms with van der Waals surface area (Å²) in [7, 11) is 0. The molecule has 1 saturated carbocycles. The standard InChI is InChI=1S/C20H29N3O4/c1-11(2)27-20(26)16-12(3)17(21-13(16)4)19(25)23-9-7-14(8-10-23)18(24)22-15-5-6-15/h11,14-15,21H,5-10H2,1-4H3,(H,22,24). The third-order valence-electron chi connectivity index (χ3n) is 5.27. The molecule has 0 radical (unpaired) electrons. The first kappa shape index (κ1) is 19.5. The van der Waals surface area contributed by atoms with Crippen LogP contribution in [0.3, 0.4) is 0 Å². The van der Waals surface area contributed by atoms with Crippen LogP contribution in [0.4, 0.5) is 0 Å². The maximum atomic E-state index is 12.9. The summed E-state index contributed by atoms with van der Waals surface area (Å²) < 4.78 is 5.29. The van der Waals surface area contributed by atoms with Gasteiger partial charge in [-0.3, -0.25) is 9.59 Å². The second-order valence-electron chi connectivity index (χ2n) is 7.93. The van der Waals surface area contributed by atoms with Gasteiger partial charge >= 0.3 is 5.97 Å². The number of carbonyl (C=O) groups excluding carboxylic acids is 3. The maximum Gasteiger partial charge on any atom is 0.340 e. The molecule has 2 heterocycles. The molecular formula is C20H29N3O4. The lowest BCUT2D eigenvalue weighted by atomic mass is 9.95. The molecule has 3 rings (SSSR count). The van der Waals surface area contributed by atoms with E-state index in [2.05, 4.69) is 10.3 Å². The fraction of sp³-hybridized carbons (Fsp3) is 0.650. The number of esters is 1. The van der Waals surface area contributed by atoms with E-state index in [9.17, 15) is 14.4 Å². The Balaban J connectivity index is 1.64. The molecule has 7 nitrogen and oxygen atoms in total. The van der Waals surface area contributed by atoms with Crippen LogP contribution in [0, 0.1) is 19.8 Å². The van der Waals surface area contributed by atoms with Crippen molar-refractivity contribution >= 4 is 17.8 Å². The van der Waals surface area contributed by atoms with Gasteiger partial charge in [0.25, 0.3) is 5.91 Å². The molecule has 27 heavy (non-hydrogen) atoms. The molecule has 1 aliphatic heterocycles. The summed E-state index contributed by atoms with van der Waals surface area (Å²) >= 11 is 0. The number of ether oxygens (including phenoxy) is 1. The summed E-state index contributed by atoms with van der Waals surface area (Å²) in [5, 5.41) is 3.05. The van der Waals surface area contributed by atoms with E-state index in [4.69, 9.17) is 4.74 Å². The number of hydrogen-bond acceptors (Lipinski definition) is 4.